The van der Waals surface area contributed by atoms with E-state index in [0.29, 0.717) is 18.2 Å². The van der Waals surface area contributed by atoms with Gasteiger partial charge in [0, 0.05) is 22.0 Å². The van der Waals surface area contributed by atoms with Crippen LogP contribution >= 0.6 is 22.6 Å². The second-order valence-electron chi connectivity index (χ2n) is 4.42. The molecule has 2 rings (SSSR count). The zero-order valence-corrected chi connectivity index (χ0v) is 12.5. The Morgan fingerprint density at radius 2 is 2.26 bits per heavy atom. The van der Waals surface area contributed by atoms with Crippen LogP contribution in [0.1, 0.15) is 19.2 Å². The first-order valence-electron chi connectivity index (χ1n) is 5.84. The molecule has 1 unspecified atom stereocenters. The van der Waals surface area contributed by atoms with E-state index in [1.807, 2.05) is 31.2 Å². The minimum Gasteiger partial charge on any atom is -0.481 e. The lowest BCUT2D eigenvalue weighted by atomic mass is 10.0. The SMILES string of the molecule is CC(CC(=O)O)Cc1nnc(-c2cccc(I)c2)o1. The quantitative estimate of drug-likeness (QED) is 0.817. The normalized spacial score (nSPS) is 12.3. The molecule has 19 heavy (non-hydrogen) atoms. The van der Waals surface area contributed by atoms with Gasteiger partial charge in [0.1, 0.15) is 0 Å². The Labute approximate surface area is 124 Å². The Kier molecular flexibility index (Phi) is 4.52. The molecular formula is C13H13IN2O3. The summed E-state index contributed by atoms with van der Waals surface area (Å²) >= 11 is 2.22. The van der Waals surface area contributed by atoms with Crippen LogP contribution in [0.25, 0.3) is 11.5 Å². The average Bonchev–Trinajstić information content (AvgIpc) is 2.76. The molecule has 0 spiro atoms. The van der Waals surface area contributed by atoms with E-state index in [-0.39, 0.29) is 12.3 Å². The van der Waals surface area contributed by atoms with Crippen molar-refractivity contribution < 1.29 is 14.3 Å². The number of nitrogens with zero attached hydrogens (tertiary/aromatic N) is 2. The van der Waals surface area contributed by atoms with E-state index in [0.717, 1.165) is 9.13 Å². The largest absolute Gasteiger partial charge is 0.481 e. The third kappa shape index (κ3) is 4.02. The monoisotopic (exact) mass is 372 g/mol. The van der Waals surface area contributed by atoms with Crippen LogP contribution in [-0.2, 0) is 11.2 Å². The van der Waals surface area contributed by atoms with Gasteiger partial charge < -0.3 is 9.52 Å². The molecule has 0 aliphatic carbocycles. The lowest BCUT2D eigenvalue weighted by Crippen LogP contribution is -2.07. The van der Waals surface area contributed by atoms with Crippen molar-refractivity contribution in [2.45, 2.75) is 19.8 Å². The zero-order chi connectivity index (χ0) is 13.8. The topological polar surface area (TPSA) is 76.2 Å². The van der Waals surface area contributed by atoms with Crippen molar-refractivity contribution in [3.05, 3.63) is 33.7 Å². The number of carboxylic acids is 1. The average molecular weight is 372 g/mol. The molecule has 0 aliphatic heterocycles. The molecule has 1 N–H and O–H groups in total. The number of halogens is 1. The molecule has 0 aliphatic rings. The third-order valence-electron chi connectivity index (χ3n) is 2.58. The summed E-state index contributed by atoms with van der Waals surface area (Å²) in [6, 6.07) is 7.77. The molecule has 0 amide bonds. The Morgan fingerprint density at radius 3 is 2.95 bits per heavy atom. The van der Waals surface area contributed by atoms with Crippen molar-refractivity contribution in [3.63, 3.8) is 0 Å². The van der Waals surface area contributed by atoms with Gasteiger partial charge in [-0.05, 0) is 46.7 Å². The molecular weight excluding hydrogens is 359 g/mol. The van der Waals surface area contributed by atoms with Gasteiger partial charge in [0.2, 0.25) is 11.8 Å². The van der Waals surface area contributed by atoms with Gasteiger partial charge in [-0.15, -0.1) is 10.2 Å². The van der Waals surface area contributed by atoms with E-state index >= 15 is 0 Å². The minimum atomic E-state index is -0.815. The highest BCUT2D eigenvalue weighted by atomic mass is 127. The number of aliphatic carboxylic acids is 1. The number of carboxylic acid groups (broad SMARTS) is 1. The molecule has 0 saturated heterocycles. The Bertz CT molecular complexity index is 583. The molecule has 1 aromatic carbocycles. The summed E-state index contributed by atoms with van der Waals surface area (Å²) in [5.74, 6) is 0.102. The fourth-order valence-corrected chi connectivity index (χ4v) is 2.29. The molecule has 1 aromatic heterocycles. The van der Waals surface area contributed by atoms with Crippen molar-refractivity contribution in [1.82, 2.24) is 10.2 Å². The summed E-state index contributed by atoms with van der Waals surface area (Å²) in [4.78, 5) is 10.6. The van der Waals surface area contributed by atoms with Crippen molar-refractivity contribution in [1.29, 1.82) is 0 Å². The van der Waals surface area contributed by atoms with Gasteiger partial charge >= 0.3 is 5.97 Å². The van der Waals surface area contributed by atoms with Crippen molar-refractivity contribution >= 4 is 28.6 Å². The second-order valence-corrected chi connectivity index (χ2v) is 5.66. The molecule has 1 heterocycles. The van der Waals surface area contributed by atoms with E-state index in [1.165, 1.54) is 0 Å². The Morgan fingerprint density at radius 1 is 1.47 bits per heavy atom. The van der Waals surface area contributed by atoms with Gasteiger partial charge in [-0.25, -0.2) is 0 Å². The standard InChI is InChI=1S/C13H13IN2O3/c1-8(6-12(17)18)5-11-15-16-13(19-11)9-3-2-4-10(14)7-9/h2-4,7-8H,5-6H2,1H3,(H,17,18). The summed E-state index contributed by atoms with van der Waals surface area (Å²) < 4.78 is 6.65. The summed E-state index contributed by atoms with van der Waals surface area (Å²) in [7, 11) is 0. The number of hydrogen-bond acceptors (Lipinski definition) is 4. The van der Waals surface area contributed by atoms with Crippen molar-refractivity contribution in [2.75, 3.05) is 0 Å². The minimum absolute atomic E-state index is 0.0262. The molecule has 5 nitrogen and oxygen atoms in total. The summed E-state index contributed by atoms with van der Waals surface area (Å²) in [6.45, 7) is 1.85. The highest BCUT2D eigenvalue weighted by Gasteiger charge is 2.14. The number of aromatic nitrogens is 2. The van der Waals surface area contributed by atoms with Crippen LogP contribution in [0.4, 0.5) is 0 Å². The highest BCUT2D eigenvalue weighted by Crippen LogP contribution is 2.21. The van der Waals surface area contributed by atoms with Gasteiger partial charge in [0.05, 0.1) is 0 Å². The van der Waals surface area contributed by atoms with Crippen LogP contribution in [0.15, 0.2) is 28.7 Å². The molecule has 0 radical (unpaired) electrons. The molecule has 0 fully saturated rings. The predicted octanol–water partition coefficient (Wildman–Crippen LogP) is 2.99. The maximum Gasteiger partial charge on any atom is 0.303 e. The maximum atomic E-state index is 10.6. The molecule has 1 atom stereocenters. The fourth-order valence-electron chi connectivity index (χ4n) is 1.74. The van der Waals surface area contributed by atoms with Gasteiger partial charge in [-0.3, -0.25) is 4.79 Å². The zero-order valence-electron chi connectivity index (χ0n) is 10.3. The molecule has 0 saturated carbocycles. The number of benzene rings is 1. The van der Waals surface area contributed by atoms with Crippen LogP contribution in [-0.4, -0.2) is 21.3 Å². The van der Waals surface area contributed by atoms with Crippen LogP contribution in [0.2, 0.25) is 0 Å². The maximum absolute atomic E-state index is 10.6. The first kappa shape index (κ1) is 14.0. The summed E-state index contributed by atoms with van der Waals surface area (Å²) in [5, 5.41) is 16.7. The molecule has 0 bridgehead atoms. The van der Waals surface area contributed by atoms with Gasteiger partial charge in [-0.1, -0.05) is 13.0 Å². The van der Waals surface area contributed by atoms with Gasteiger partial charge in [-0.2, -0.15) is 0 Å². The number of carbonyl (C=O) groups is 1. The molecule has 100 valence electrons. The lowest BCUT2D eigenvalue weighted by molar-refractivity contribution is -0.137. The van der Waals surface area contributed by atoms with Crippen LogP contribution in [0.5, 0.6) is 0 Å². The molecule has 6 heteroatoms. The van der Waals surface area contributed by atoms with Gasteiger partial charge in [0.25, 0.3) is 0 Å². The van der Waals surface area contributed by atoms with Crippen LogP contribution in [0, 0.1) is 9.49 Å². The number of hydrogen-bond donors (Lipinski definition) is 1. The van der Waals surface area contributed by atoms with Gasteiger partial charge in [0.15, 0.2) is 0 Å². The smallest absolute Gasteiger partial charge is 0.303 e. The van der Waals surface area contributed by atoms with E-state index in [4.69, 9.17) is 9.52 Å². The third-order valence-corrected chi connectivity index (χ3v) is 3.26. The van der Waals surface area contributed by atoms with Crippen molar-refractivity contribution in [3.8, 4) is 11.5 Å². The van der Waals surface area contributed by atoms with E-state index in [2.05, 4.69) is 32.8 Å². The number of rotatable bonds is 5. The Hall–Kier alpha value is -1.44. The first-order chi connectivity index (χ1) is 9.04. The fraction of sp³-hybridized carbons (Fsp3) is 0.308. The second kappa shape index (κ2) is 6.14. The van der Waals surface area contributed by atoms with Crippen molar-refractivity contribution in [2.24, 2.45) is 5.92 Å². The van der Waals surface area contributed by atoms with Crippen LogP contribution in [0.3, 0.4) is 0 Å². The van der Waals surface area contributed by atoms with Crippen LogP contribution < -0.4 is 0 Å². The predicted molar refractivity (Wildman–Crippen MR) is 77.6 cm³/mol. The molecule has 2 aromatic rings. The highest BCUT2D eigenvalue weighted by molar-refractivity contribution is 14.1. The lowest BCUT2D eigenvalue weighted by Gasteiger charge is -2.03. The summed E-state index contributed by atoms with van der Waals surface area (Å²) in [6.07, 6.45) is 0.574. The summed E-state index contributed by atoms with van der Waals surface area (Å²) in [5.41, 5.74) is 0.872. The van der Waals surface area contributed by atoms with E-state index in [9.17, 15) is 4.79 Å². The first-order valence-corrected chi connectivity index (χ1v) is 6.92. The Balaban J connectivity index is 2.09. The van der Waals surface area contributed by atoms with E-state index in [1.54, 1.807) is 0 Å². The van der Waals surface area contributed by atoms with E-state index < -0.39 is 5.97 Å².